The number of nitrogens with two attached hydrogens (primary N) is 1. The van der Waals surface area contributed by atoms with E-state index in [1.54, 1.807) is 13.1 Å². The van der Waals surface area contributed by atoms with Gasteiger partial charge in [0.2, 0.25) is 0 Å². The summed E-state index contributed by atoms with van der Waals surface area (Å²) < 4.78 is 12.5. The second-order valence-electron chi connectivity index (χ2n) is 4.54. The highest BCUT2D eigenvalue weighted by molar-refractivity contribution is 5.35. The summed E-state index contributed by atoms with van der Waals surface area (Å²) in [5.41, 5.74) is 5.84. The van der Waals surface area contributed by atoms with Crippen molar-refractivity contribution in [3.8, 4) is 0 Å². The molecule has 0 radical (unpaired) electrons. The first-order valence-corrected chi connectivity index (χ1v) is 6.30. The van der Waals surface area contributed by atoms with Crippen LogP contribution in [-0.2, 0) is 9.47 Å². The Bertz CT molecular complexity index is 502. The molecule has 0 aliphatic carbocycles. The first-order valence-electron chi connectivity index (χ1n) is 6.30. The van der Waals surface area contributed by atoms with Gasteiger partial charge in [-0.2, -0.15) is 4.98 Å². The minimum atomic E-state index is -0.479. The Morgan fingerprint density at radius 3 is 3.05 bits per heavy atom. The smallest absolute Gasteiger partial charge is 0.351 e. The summed E-state index contributed by atoms with van der Waals surface area (Å²) in [5.74, 6) is 0.222. The molecular formula is C12H19N3O4. The van der Waals surface area contributed by atoms with Crippen molar-refractivity contribution in [3.63, 3.8) is 0 Å². The van der Waals surface area contributed by atoms with Crippen molar-refractivity contribution in [2.45, 2.75) is 38.7 Å². The summed E-state index contributed by atoms with van der Waals surface area (Å²) >= 11 is 0. The molecule has 2 heterocycles. The Morgan fingerprint density at radius 1 is 1.68 bits per heavy atom. The molecule has 19 heavy (non-hydrogen) atoms. The van der Waals surface area contributed by atoms with Gasteiger partial charge in [0.05, 0.1) is 12.7 Å². The summed E-state index contributed by atoms with van der Waals surface area (Å²) in [5, 5.41) is 9.27. The SMILES string of the molecule is CCO[C@@H]1C[C@H](n2cc(C)c(N)nc2=O)OC1CO. The van der Waals surface area contributed by atoms with Crippen LogP contribution in [0.15, 0.2) is 11.0 Å². The zero-order valence-corrected chi connectivity index (χ0v) is 11.1. The van der Waals surface area contributed by atoms with E-state index in [2.05, 4.69) is 4.98 Å². The molecule has 0 spiro atoms. The first-order chi connectivity index (χ1) is 9.06. The first kappa shape index (κ1) is 14.0. The van der Waals surface area contributed by atoms with E-state index in [4.69, 9.17) is 15.2 Å². The Balaban J connectivity index is 2.24. The van der Waals surface area contributed by atoms with E-state index in [0.717, 1.165) is 0 Å². The fourth-order valence-corrected chi connectivity index (χ4v) is 2.21. The second-order valence-corrected chi connectivity index (χ2v) is 4.54. The van der Waals surface area contributed by atoms with Crippen LogP contribution in [0.4, 0.5) is 5.82 Å². The number of nitrogens with zero attached hydrogens (tertiary/aromatic N) is 2. The van der Waals surface area contributed by atoms with E-state index in [-0.39, 0.29) is 18.5 Å². The maximum absolute atomic E-state index is 11.8. The Kier molecular flexibility index (Phi) is 4.18. The molecule has 2 rings (SSSR count). The molecule has 1 saturated heterocycles. The summed E-state index contributed by atoms with van der Waals surface area (Å²) in [6.07, 6.45) is 1.01. The van der Waals surface area contributed by atoms with Crippen molar-refractivity contribution >= 4 is 5.82 Å². The number of nitrogen functional groups attached to an aromatic ring is 1. The average Bonchev–Trinajstić information content (AvgIpc) is 2.77. The topological polar surface area (TPSA) is 99.6 Å². The van der Waals surface area contributed by atoms with Gasteiger partial charge in [0, 0.05) is 24.8 Å². The lowest BCUT2D eigenvalue weighted by molar-refractivity contribution is -0.0603. The normalized spacial score (nSPS) is 26.8. The van der Waals surface area contributed by atoms with E-state index >= 15 is 0 Å². The van der Waals surface area contributed by atoms with Gasteiger partial charge in [-0.25, -0.2) is 4.79 Å². The summed E-state index contributed by atoms with van der Waals surface area (Å²) in [6, 6.07) is 0. The lowest BCUT2D eigenvalue weighted by atomic mass is 10.2. The number of aliphatic hydroxyl groups excluding tert-OH is 1. The highest BCUT2D eigenvalue weighted by atomic mass is 16.6. The van der Waals surface area contributed by atoms with Crippen molar-refractivity contribution < 1.29 is 14.6 Å². The molecule has 0 saturated carbocycles. The fraction of sp³-hybridized carbons (Fsp3) is 0.667. The van der Waals surface area contributed by atoms with Crippen LogP contribution in [0, 0.1) is 6.92 Å². The number of anilines is 1. The maximum Gasteiger partial charge on any atom is 0.351 e. The largest absolute Gasteiger partial charge is 0.394 e. The van der Waals surface area contributed by atoms with Gasteiger partial charge in [0.1, 0.15) is 18.1 Å². The summed E-state index contributed by atoms with van der Waals surface area (Å²) in [6.45, 7) is 4.04. The van der Waals surface area contributed by atoms with Crippen molar-refractivity contribution in [1.82, 2.24) is 9.55 Å². The monoisotopic (exact) mass is 269 g/mol. The third-order valence-corrected chi connectivity index (χ3v) is 3.23. The highest BCUT2D eigenvalue weighted by Gasteiger charge is 2.36. The number of hydrogen-bond acceptors (Lipinski definition) is 6. The van der Waals surface area contributed by atoms with E-state index < -0.39 is 18.0 Å². The van der Waals surface area contributed by atoms with Crippen LogP contribution in [0.3, 0.4) is 0 Å². The Labute approximate surface area is 111 Å². The zero-order valence-electron chi connectivity index (χ0n) is 11.1. The highest BCUT2D eigenvalue weighted by Crippen LogP contribution is 2.29. The number of aliphatic hydroxyl groups is 1. The second kappa shape index (κ2) is 5.68. The molecule has 1 aliphatic rings. The van der Waals surface area contributed by atoms with Gasteiger partial charge in [-0.15, -0.1) is 0 Å². The Morgan fingerprint density at radius 2 is 2.42 bits per heavy atom. The quantitative estimate of drug-likeness (QED) is 0.786. The van der Waals surface area contributed by atoms with Crippen LogP contribution in [0.1, 0.15) is 25.1 Å². The van der Waals surface area contributed by atoms with Crippen molar-refractivity contribution in [3.05, 3.63) is 22.2 Å². The van der Waals surface area contributed by atoms with Gasteiger partial charge in [0.15, 0.2) is 0 Å². The minimum Gasteiger partial charge on any atom is -0.394 e. The molecule has 0 bridgehead atoms. The van der Waals surface area contributed by atoms with Crippen LogP contribution in [0.2, 0.25) is 0 Å². The number of rotatable bonds is 4. The number of hydrogen-bond donors (Lipinski definition) is 2. The van der Waals surface area contributed by atoms with Gasteiger partial charge >= 0.3 is 5.69 Å². The molecule has 7 heteroatoms. The molecule has 1 aromatic heterocycles. The van der Waals surface area contributed by atoms with Crippen molar-refractivity contribution in [2.24, 2.45) is 0 Å². The fourth-order valence-electron chi connectivity index (χ4n) is 2.21. The van der Waals surface area contributed by atoms with Gasteiger partial charge in [-0.3, -0.25) is 4.57 Å². The third kappa shape index (κ3) is 2.78. The molecule has 1 aliphatic heterocycles. The molecular weight excluding hydrogens is 250 g/mol. The number of aryl methyl sites for hydroxylation is 1. The summed E-state index contributed by atoms with van der Waals surface area (Å²) in [4.78, 5) is 15.6. The van der Waals surface area contributed by atoms with E-state index in [1.807, 2.05) is 6.92 Å². The van der Waals surface area contributed by atoms with Gasteiger partial charge in [0.25, 0.3) is 0 Å². The minimum absolute atomic E-state index is 0.142. The molecule has 1 fully saturated rings. The molecule has 0 amide bonds. The average molecular weight is 269 g/mol. The lowest BCUT2D eigenvalue weighted by Crippen LogP contribution is -2.29. The van der Waals surface area contributed by atoms with Gasteiger partial charge < -0.3 is 20.3 Å². The molecule has 106 valence electrons. The lowest BCUT2D eigenvalue weighted by Gasteiger charge is -2.15. The van der Waals surface area contributed by atoms with Crippen molar-refractivity contribution in [1.29, 1.82) is 0 Å². The molecule has 3 atom stereocenters. The van der Waals surface area contributed by atoms with Crippen LogP contribution in [-0.4, -0.2) is 40.1 Å². The predicted octanol–water partition coefficient (Wildman–Crippen LogP) is -0.181. The summed E-state index contributed by atoms with van der Waals surface area (Å²) in [7, 11) is 0. The van der Waals surface area contributed by atoms with Crippen LogP contribution >= 0.6 is 0 Å². The van der Waals surface area contributed by atoms with E-state index in [0.29, 0.717) is 18.6 Å². The standard InChI is InChI=1S/C12H19N3O4/c1-3-18-8-4-10(19-9(8)6-16)15-5-7(2)11(13)14-12(15)17/h5,8-10,16H,3-4,6H2,1-2H3,(H2,13,14,17)/t8-,9?,10-/m1/s1. The van der Waals surface area contributed by atoms with Gasteiger partial charge in [-0.05, 0) is 13.8 Å². The number of aromatic nitrogens is 2. The molecule has 0 aromatic carbocycles. The number of ether oxygens (including phenoxy) is 2. The van der Waals surface area contributed by atoms with Gasteiger partial charge in [-0.1, -0.05) is 0 Å². The third-order valence-electron chi connectivity index (χ3n) is 3.23. The van der Waals surface area contributed by atoms with Crippen LogP contribution < -0.4 is 11.4 Å². The van der Waals surface area contributed by atoms with Crippen LogP contribution in [0.5, 0.6) is 0 Å². The molecule has 3 N–H and O–H groups in total. The van der Waals surface area contributed by atoms with Crippen LogP contribution in [0.25, 0.3) is 0 Å². The van der Waals surface area contributed by atoms with E-state index in [9.17, 15) is 9.90 Å². The molecule has 7 nitrogen and oxygen atoms in total. The zero-order chi connectivity index (χ0) is 14.0. The van der Waals surface area contributed by atoms with Crippen molar-refractivity contribution in [2.75, 3.05) is 18.9 Å². The predicted molar refractivity (Wildman–Crippen MR) is 68.7 cm³/mol. The molecule has 1 aromatic rings. The molecule has 1 unspecified atom stereocenters. The van der Waals surface area contributed by atoms with E-state index in [1.165, 1.54) is 4.57 Å². The maximum atomic E-state index is 11.8. The Hall–Kier alpha value is -1.44.